The number of carboxylic acid groups (broad SMARTS) is 1. The quantitative estimate of drug-likeness (QED) is 0.875. The van der Waals surface area contributed by atoms with E-state index in [-0.39, 0.29) is 17.9 Å². The van der Waals surface area contributed by atoms with E-state index in [9.17, 15) is 9.59 Å². The van der Waals surface area contributed by atoms with Crippen molar-refractivity contribution in [3.05, 3.63) is 17.5 Å². The van der Waals surface area contributed by atoms with Gasteiger partial charge in [0, 0.05) is 18.8 Å². The Morgan fingerprint density at radius 3 is 2.65 bits per heavy atom. The van der Waals surface area contributed by atoms with Crippen LogP contribution in [0.3, 0.4) is 0 Å². The average Bonchev–Trinajstić information content (AvgIpc) is 2.95. The van der Waals surface area contributed by atoms with E-state index in [1.54, 1.807) is 10.7 Å². The van der Waals surface area contributed by atoms with Crippen molar-refractivity contribution < 1.29 is 14.7 Å². The highest BCUT2D eigenvalue weighted by Crippen LogP contribution is 2.26. The zero-order valence-electron chi connectivity index (χ0n) is 12.1. The van der Waals surface area contributed by atoms with Crippen molar-refractivity contribution in [2.75, 3.05) is 0 Å². The third kappa shape index (κ3) is 3.00. The standard InChI is InChI=1S/C14H21N3O3/c1-8(2)12-7-11(16-17(12)3)13(18)15-10-5-4-9(6-10)14(19)20/h7-10H,4-6H2,1-3H3,(H,15,18)(H,19,20). The molecule has 6 nitrogen and oxygen atoms in total. The number of carboxylic acids is 1. The van der Waals surface area contributed by atoms with Crippen molar-refractivity contribution in [3.8, 4) is 0 Å². The number of aryl methyl sites for hydroxylation is 1. The summed E-state index contributed by atoms with van der Waals surface area (Å²) in [6, 6.07) is 1.73. The maximum atomic E-state index is 12.1. The van der Waals surface area contributed by atoms with Crippen LogP contribution in [0.5, 0.6) is 0 Å². The first kappa shape index (κ1) is 14.6. The van der Waals surface area contributed by atoms with Crippen molar-refractivity contribution in [2.24, 2.45) is 13.0 Å². The number of aromatic nitrogens is 2. The van der Waals surface area contributed by atoms with Gasteiger partial charge in [0.05, 0.1) is 5.92 Å². The van der Waals surface area contributed by atoms with Crippen molar-refractivity contribution in [3.63, 3.8) is 0 Å². The monoisotopic (exact) mass is 279 g/mol. The Hall–Kier alpha value is -1.85. The van der Waals surface area contributed by atoms with Gasteiger partial charge in [-0.2, -0.15) is 5.10 Å². The Bertz CT molecular complexity index is 522. The molecule has 20 heavy (non-hydrogen) atoms. The predicted octanol–water partition coefficient (Wildman–Crippen LogP) is 1.53. The molecule has 110 valence electrons. The van der Waals surface area contributed by atoms with Gasteiger partial charge in [0.15, 0.2) is 0 Å². The molecule has 0 saturated heterocycles. The minimum Gasteiger partial charge on any atom is -0.481 e. The Balaban J connectivity index is 1.99. The second-order valence-electron chi connectivity index (χ2n) is 5.75. The largest absolute Gasteiger partial charge is 0.481 e. The van der Waals surface area contributed by atoms with Crippen LogP contribution in [0.15, 0.2) is 6.07 Å². The van der Waals surface area contributed by atoms with E-state index in [0.717, 1.165) is 5.69 Å². The van der Waals surface area contributed by atoms with E-state index in [4.69, 9.17) is 5.11 Å². The van der Waals surface area contributed by atoms with Gasteiger partial charge in [0.2, 0.25) is 0 Å². The summed E-state index contributed by atoms with van der Waals surface area (Å²) in [6.45, 7) is 4.10. The lowest BCUT2D eigenvalue weighted by Gasteiger charge is -2.10. The molecule has 2 atom stereocenters. The fourth-order valence-corrected chi connectivity index (χ4v) is 2.73. The Kier molecular flexibility index (Phi) is 4.11. The van der Waals surface area contributed by atoms with Gasteiger partial charge in [0.25, 0.3) is 5.91 Å². The van der Waals surface area contributed by atoms with Gasteiger partial charge in [-0.1, -0.05) is 13.8 Å². The molecule has 0 aliphatic heterocycles. The third-order valence-corrected chi connectivity index (χ3v) is 3.86. The van der Waals surface area contributed by atoms with Gasteiger partial charge < -0.3 is 10.4 Å². The van der Waals surface area contributed by atoms with Gasteiger partial charge in [-0.15, -0.1) is 0 Å². The van der Waals surface area contributed by atoms with Gasteiger partial charge >= 0.3 is 5.97 Å². The van der Waals surface area contributed by atoms with Crippen molar-refractivity contribution >= 4 is 11.9 Å². The van der Waals surface area contributed by atoms with E-state index in [2.05, 4.69) is 10.4 Å². The van der Waals surface area contributed by atoms with Crippen LogP contribution >= 0.6 is 0 Å². The first-order valence-corrected chi connectivity index (χ1v) is 6.96. The number of carbonyl (C=O) groups is 2. The van der Waals surface area contributed by atoms with Crippen LogP contribution in [0.25, 0.3) is 0 Å². The highest BCUT2D eigenvalue weighted by atomic mass is 16.4. The molecule has 1 saturated carbocycles. The summed E-state index contributed by atoms with van der Waals surface area (Å²) >= 11 is 0. The lowest BCUT2D eigenvalue weighted by atomic mass is 10.1. The van der Waals surface area contributed by atoms with Crippen molar-refractivity contribution in [2.45, 2.75) is 45.1 Å². The summed E-state index contributed by atoms with van der Waals surface area (Å²) in [7, 11) is 1.82. The Labute approximate surface area is 118 Å². The molecule has 0 aromatic carbocycles. The van der Waals surface area contributed by atoms with E-state index >= 15 is 0 Å². The summed E-state index contributed by atoms with van der Waals surface area (Å²) in [5.41, 5.74) is 1.40. The van der Waals surface area contributed by atoms with Crippen LogP contribution in [0.2, 0.25) is 0 Å². The Morgan fingerprint density at radius 1 is 1.45 bits per heavy atom. The van der Waals surface area contributed by atoms with Gasteiger partial charge in [-0.25, -0.2) is 0 Å². The molecule has 1 aliphatic carbocycles. The first-order chi connectivity index (χ1) is 9.38. The van der Waals surface area contributed by atoms with Gasteiger partial charge in [0.1, 0.15) is 5.69 Å². The molecule has 0 radical (unpaired) electrons. The molecular formula is C14H21N3O3. The van der Waals surface area contributed by atoms with Crippen molar-refractivity contribution in [1.82, 2.24) is 15.1 Å². The summed E-state index contributed by atoms with van der Waals surface area (Å²) in [5, 5.41) is 16.1. The smallest absolute Gasteiger partial charge is 0.306 e. The number of amides is 1. The van der Waals surface area contributed by atoms with E-state index in [1.807, 2.05) is 20.9 Å². The zero-order valence-corrected chi connectivity index (χ0v) is 12.1. The number of carbonyl (C=O) groups excluding carboxylic acids is 1. The summed E-state index contributed by atoms with van der Waals surface area (Å²) in [6.07, 6.45) is 1.84. The summed E-state index contributed by atoms with van der Waals surface area (Å²) < 4.78 is 1.72. The third-order valence-electron chi connectivity index (χ3n) is 3.86. The normalized spacial score (nSPS) is 22.2. The molecule has 1 aliphatic rings. The lowest BCUT2D eigenvalue weighted by Crippen LogP contribution is -2.33. The summed E-state index contributed by atoms with van der Waals surface area (Å²) in [5.74, 6) is -1.03. The molecule has 1 aromatic heterocycles. The van der Waals surface area contributed by atoms with Gasteiger partial charge in [-0.05, 0) is 31.2 Å². The van der Waals surface area contributed by atoms with E-state index in [1.165, 1.54) is 0 Å². The van der Waals surface area contributed by atoms with Crippen LogP contribution in [0.1, 0.15) is 55.2 Å². The maximum absolute atomic E-state index is 12.1. The molecule has 1 amide bonds. The van der Waals surface area contributed by atoms with Crippen LogP contribution < -0.4 is 5.32 Å². The molecule has 0 spiro atoms. The maximum Gasteiger partial charge on any atom is 0.306 e. The van der Waals surface area contributed by atoms with Gasteiger partial charge in [-0.3, -0.25) is 14.3 Å². The highest BCUT2D eigenvalue weighted by molar-refractivity contribution is 5.92. The number of nitrogens with one attached hydrogen (secondary N) is 1. The van der Waals surface area contributed by atoms with Crippen molar-refractivity contribution in [1.29, 1.82) is 0 Å². The second-order valence-corrected chi connectivity index (χ2v) is 5.75. The number of aliphatic carboxylic acids is 1. The predicted molar refractivity (Wildman–Crippen MR) is 73.5 cm³/mol. The lowest BCUT2D eigenvalue weighted by molar-refractivity contribution is -0.141. The van der Waals surface area contributed by atoms with E-state index in [0.29, 0.717) is 30.9 Å². The number of nitrogens with zero attached hydrogens (tertiary/aromatic N) is 2. The SMILES string of the molecule is CC(C)c1cc(C(=O)NC2CCC(C(=O)O)C2)nn1C. The minimum absolute atomic E-state index is 0.0619. The molecule has 1 aromatic rings. The van der Waals surface area contributed by atoms with Crippen LogP contribution in [-0.2, 0) is 11.8 Å². The average molecular weight is 279 g/mol. The Morgan fingerprint density at radius 2 is 2.15 bits per heavy atom. The highest BCUT2D eigenvalue weighted by Gasteiger charge is 2.31. The van der Waals surface area contributed by atoms with Crippen LogP contribution in [0, 0.1) is 5.92 Å². The van der Waals surface area contributed by atoms with Crippen LogP contribution in [0.4, 0.5) is 0 Å². The number of hydrogen-bond acceptors (Lipinski definition) is 3. The van der Waals surface area contributed by atoms with E-state index < -0.39 is 5.97 Å². The summed E-state index contributed by atoms with van der Waals surface area (Å²) in [4.78, 5) is 23.0. The molecule has 0 bridgehead atoms. The topological polar surface area (TPSA) is 84.2 Å². The molecule has 6 heteroatoms. The molecule has 1 heterocycles. The van der Waals surface area contributed by atoms with Crippen LogP contribution in [-0.4, -0.2) is 32.8 Å². The second kappa shape index (κ2) is 5.64. The zero-order chi connectivity index (χ0) is 14.9. The molecule has 2 rings (SSSR count). The number of hydrogen-bond donors (Lipinski definition) is 2. The molecule has 2 N–H and O–H groups in total. The minimum atomic E-state index is -0.776. The fourth-order valence-electron chi connectivity index (χ4n) is 2.73. The fraction of sp³-hybridized carbons (Fsp3) is 0.643. The first-order valence-electron chi connectivity index (χ1n) is 6.96. The molecule has 2 unspecified atom stereocenters. The number of rotatable bonds is 4. The molecular weight excluding hydrogens is 258 g/mol. The molecule has 1 fully saturated rings.